The minimum Gasteiger partial charge on any atom is -0.372 e. The second-order valence-corrected chi connectivity index (χ2v) is 5.91. The summed E-state index contributed by atoms with van der Waals surface area (Å²) >= 11 is 11.7. The Balaban J connectivity index is 1.98. The number of nitrogens with zero attached hydrogens (tertiary/aromatic N) is 2. The van der Waals surface area contributed by atoms with E-state index in [0.29, 0.717) is 15.6 Å². The summed E-state index contributed by atoms with van der Waals surface area (Å²) in [7, 11) is 0. The highest BCUT2D eigenvalue weighted by molar-refractivity contribution is 6.42. The van der Waals surface area contributed by atoms with Crippen LogP contribution in [0, 0.1) is 0 Å². The lowest BCUT2D eigenvalue weighted by Crippen LogP contribution is -2.21. The van der Waals surface area contributed by atoms with Crippen LogP contribution in [0.5, 0.6) is 0 Å². The minimum atomic E-state index is -0.343. The van der Waals surface area contributed by atoms with Crippen molar-refractivity contribution >= 4 is 41.0 Å². The van der Waals surface area contributed by atoms with E-state index in [2.05, 4.69) is 29.3 Å². The van der Waals surface area contributed by atoms with Gasteiger partial charge in [-0.2, -0.15) is 5.10 Å². The molecule has 1 amide bonds. The number of rotatable bonds is 6. The van der Waals surface area contributed by atoms with Gasteiger partial charge in [-0.05, 0) is 49.7 Å². The van der Waals surface area contributed by atoms with Crippen LogP contribution in [0.4, 0.5) is 5.69 Å². The molecule has 0 spiro atoms. The van der Waals surface area contributed by atoms with Crippen molar-refractivity contribution < 1.29 is 4.79 Å². The van der Waals surface area contributed by atoms with Gasteiger partial charge in [0.2, 0.25) is 0 Å². The summed E-state index contributed by atoms with van der Waals surface area (Å²) in [4.78, 5) is 14.2. The van der Waals surface area contributed by atoms with Gasteiger partial charge in [0.25, 0.3) is 5.91 Å². The molecule has 0 aliphatic rings. The maximum atomic E-state index is 12.0. The molecule has 0 radical (unpaired) electrons. The maximum absolute atomic E-state index is 12.0. The fourth-order valence-electron chi connectivity index (χ4n) is 2.23. The largest absolute Gasteiger partial charge is 0.372 e. The highest BCUT2D eigenvalue weighted by Crippen LogP contribution is 2.22. The van der Waals surface area contributed by atoms with Gasteiger partial charge in [0.1, 0.15) is 0 Å². The molecule has 0 unspecified atom stereocenters. The Morgan fingerprint density at radius 3 is 2.33 bits per heavy atom. The summed E-state index contributed by atoms with van der Waals surface area (Å²) in [6.07, 6.45) is 1.60. The lowest BCUT2D eigenvalue weighted by atomic mass is 10.2. The van der Waals surface area contributed by atoms with Gasteiger partial charge in [-0.3, -0.25) is 4.79 Å². The first kappa shape index (κ1) is 18.3. The van der Waals surface area contributed by atoms with Gasteiger partial charge in [-0.25, -0.2) is 5.43 Å². The molecule has 0 saturated heterocycles. The Bertz CT molecular complexity index is 726. The van der Waals surface area contributed by atoms with E-state index in [4.69, 9.17) is 23.2 Å². The molecular formula is C18H19Cl2N3O. The van der Waals surface area contributed by atoms with Gasteiger partial charge in [-0.15, -0.1) is 0 Å². The molecule has 126 valence electrons. The molecule has 4 nitrogen and oxygen atoms in total. The van der Waals surface area contributed by atoms with Crippen LogP contribution >= 0.6 is 23.2 Å². The zero-order valence-corrected chi connectivity index (χ0v) is 15.1. The third kappa shape index (κ3) is 4.73. The summed E-state index contributed by atoms with van der Waals surface area (Å²) in [6.45, 7) is 6.17. The Labute approximate surface area is 152 Å². The minimum absolute atomic E-state index is 0.334. The summed E-state index contributed by atoms with van der Waals surface area (Å²) < 4.78 is 0. The van der Waals surface area contributed by atoms with Crippen LogP contribution in [-0.2, 0) is 0 Å². The molecule has 0 fully saturated rings. The number of hydrogen-bond acceptors (Lipinski definition) is 3. The van der Waals surface area contributed by atoms with Crippen molar-refractivity contribution in [3.63, 3.8) is 0 Å². The molecule has 0 aliphatic carbocycles. The van der Waals surface area contributed by atoms with Gasteiger partial charge in [0.15, 0.2) is 0 Å². The average Bonchev–Trinajstić information content (AvgIpc) is 2.59. The second-order valence-electron chi connectivity index (χ2n) is 5.09. The lowest BCUT2D eigenvalue weighted by molar-refractivity contribution is 0.0955. The van der Waals surface area contributed by atoms with Gasteiger partial charge in [0, 0.05) is 24.3 Å². The molecule has 0 atom stereocenters. The first-order valence-electron chi connectivity index (χ1n) is 7.68. The Morgan fingerprint density at radius 2 is 1.75 bits per heavy atom. The van der Waals surface area contributed by atoms with Crippen molar-refractivity contribution in [1.29, 1.82) is 0 Å². The lowest BCUT2D eigenvalue weighted by Gasteiger charge is -2.20. The third-order valence-corrected chi connectivity index (χ3v) is 4.32. The summed E-state index contributed by atoms with van der Waals surface area (Å²) in [5.41, 5.74) is 4.94. The van der Waals surface area contributed by atoms with E-state index >= 15 is 0 Å². The van der Waals surface area contributed by atoms with E-state index in [9.17, 15) is 4.79 Å². The van der Waals surface area contributed by atoms with Crippen molar-refractivity contribution in [3.05, 3.63) is 63.6 Å². The van der Waals surface area contributed by atoms with E-state index in [1.54, 1.807) is 18.3 Å². The molecule has 0 heterocycles. The van der Waals surface area contributed by atoms with Gasteiger partial charge >= 0.3 is 0 Å². The fourth-order valence-corrected chi connectivity index (χ4v) is 2.53. The van der Waals surface area contributed by atoms with Crippen molar-refractivity contribution in [3.8, 4) is 0 Å². The van der Waals surface area contributed by atoms with Crippen LogP contribution in [0.1, 0.15) is 29.8 Å². The molecule has 24 heavy (non-hydrogen) atoms. The molecule has 0 aromatic heterocycles. The van der Waals surface area contributed by atoms with E-state index in [1.807, 2.05) is 24.3 Å². The van der Waals surface area contributed by atoms with E-state index in [-0.39, 0.29) is 5.91 Å². The third-order valence-electron chi connectivity index (χ3n) is 3.58. The van der Waals surface area contributed by atoms with Crippen LogP contribution in [0.25, 0.3) is 0 Å². The molecule has 1 N–H and O–H groups in total. The fraction of sp³-hybridized carbons (Fsp3) is 0.222. The molecule has 6 heteroatoms. The van der Waals surface area contributed by atoms with E-state index in [0.717, 1.165) is 24.3 Å². The predicted octanol–water partition coefficient (Wildman–Crippen LogP) is 4.60. The number of carbonyl (C=O) groups is 1. The molecular weight excluding hydrogens is 345 g/mol. The normalized spacial score (nSPS) is 10.8. The van der Waals surface area contributed by atoms with E-state index in [1.165, 1.54) is 6.07 Å². The molecule has 0 aliphatic heterocycles. The van der Waals surface area contributed by atoms with Crippen molar-refractivity contribution in [2.45, 2.75) is 13.8 Å². The standard InChI is InChI=1S/C18H19Cl2N3O/c1-3-23(4-2)15-8-5-13(6-9-15)12-21-22-18(24)14-7-10-16(19)17(20)11-14/h5-12H,3-4H2,1-2H3,(H,22,24)/b21-12-. The monoisotopic (exact) mass is 363 g/mol. The van der Waals surface area contributed by atoms with Crippen molar-refractivity contribution in [2.75, 3.05) is 18.0 Å². The zero-order valence-electron chi connectivity index (χ0n) is 13.6. The van der Waals surface area contributed by atoms with Crippen LogP contribution in [0.3, 0.4) is 0 Å². The zero-order chi connectivity index (χ0) is 17.5. The van der Waals surface area contributed by atoms with Crippen molar-refractivity contribution in [2.24, 2.45) is 5.10 Å². The maximum Gasteiger partial charge on any atom is 0.271 e. The van der Waals surface area contributed by atoms with Gasteiger partial charge < -0.3 is 4.90 Å². The predicted molar refractivity (Wildman–Crippen MR) is 102 cm³/mol. The molecule has 2 rings (SSSR count). The SMILES string of the molecule is CCN(CC)c1ccc(/C=N\NC(=O)c2ccc(Cl)c(Cl)c2)cc1. The number of hydrogen-bond donors (Lipinski definition) is 1. The number of halogens is 2. The number of benzene rings is 2. The van der Waals surface area contributed by atoms with Gasteiger partial charge in [0.05, 0.1) is 16.3 Å². The molecule has 0 bridgehead atoms. The number of anilines is 1. The number of nitrogens with one attached hydrogen (secondary N) is 1. The highest BCUT2D eigenvalue weighted by Gasteiger charge is 2.07. The topological polar surface area (TPSA) is 44.7 Å². The highest BCUT2D eigenvalue weighted by atomic mass is 35.5. The van der Waals surface area contributed by atoms with E-state index < -0.39 is 0 Å². The average molecular weight is 364 g/mol. The smallest absolute Gasteiger partial charge is 0.271 e. The number of hydrazone groups is 1. The molecule has 2 aromatic carbocycles. The van der Waals surface area contributed by atoms with Crippen LogP contribution < -0.4 is 10.3 Å². The van der Waals surface area contributed by atoms with Crippen LogP contribution in [-0.4, -0.2) is 25.2 Å². The second kappa shape index (κ2) is 8.71. The Kier molecular flexibility index (Phi) is 6.64. The first-order chi connectivity index (χ1) is 11.5. The summed E-state index contributed by atoms with van der Waals surface area (Å²) in [6, 6.07) is 12.7. The number of amides is 1. The van der Waals surface area contributed by atoms with Crippen LogP contribution in [0.15, 0.2) is 47.6 Å². The first-order valence-corrected chi connectivity index (χ1v) is 8.44. The quantitative estimate of drug-likeness (QED) is 0.601. The van der Waals surface area contributed by atoms with Crippen molar-refractivity contribution in [1.82, 2.24) is 5.43 Å². The Morgan fingerprint density at radius 1 is 1.08 bits per heavy atom. The number of carbonyl (C=O) groups excluding carboxylic acids is 1. The molecule has 0 saturated carbocycles. The van der Waals surface area contributed by atoms with Gasteiger partial charge in [-0.1, -0.05) is 35.3 Å². The summed E-state index contributed by atoms with van der Waals surface area (Å²) in [5.74, 6) is -0.343. The van der Waals surface area contributed by atoms with Crippen LogP contribution in [0.2, 0.25) is 10.0 Å². The Hall–Kier alpha value is -2.04. The summed E-state index contributed by atoms with van der Waals surface area (Å²) in [5, 5.41) is 4.71. The molecule has 2 aromatic rings.